The number of ketones is 1. The van der Waals surface area contributed by atoms with Crippen molar-refractivity contribution in [1.29, 1.82) is 0 Å². The molecule has 1 aromatic rings. The highest BCUT2D eigenvalue weighted by molar-refractivity contribution is 5.83. The molecule has 0 aromatic heterocycles. The van der Waals surface area contributed by atoms with E-state index in [-0.39, 0.29) is 5.92 Å². The van der Waals surface area contributed by atoms with Crippen molar-refractivity contribution in [2.24, 2.45) is 11.8 Å². The van der Waals surface area contributed by atoms with Crippen LogP contribution in [0.25, 0.3) is 0 Å². The standard InChI is InChI=1S/C16H22O/c1-10-7-11(2)15(12(3)8-10)9-14-5-6-16(17)13(14)4/h7-8,13-14H,5-6,9H2,1-4H3. The van der Waals surface area contributed by atoms with E-state index in [9.17, 15) is 4.79 Å². The summed E-state index contributed by atoms with van der Waals surface area (Å²) < 4.78 is 0. The summed E-state index contributed by atoms with van der Waals surface area (Å²) in [7, 11) is 0. The van der Waals surface area contributed by atoms with E-state index in [0.717, 1.165) is 19.3 Å². The predicted molar refractivity (Wildman–Crippen MR) is 71.3 cm³/mol. The second-order valence-electron chi connectivity index (χ2n) is 5.64. The minimum absolute atomic E-state index is 0.259. The number of carbonyl (C=O) groups excluding carboxylic acids is 1. The molecule has 92 valence electrons. The van der Waals surface area contributed by atoms with Gasteiger partial charge in [-0.05, 0) is 56.2 Å². The fourth-order valence-electron chi connectivity index (χ4n) is 3.14. The van der Waals surface area contributed by atoms with Crippen LogP contribution in [0.2, 0.25) is 0 Å². The molecular weight excluding hydrogens is 208 g/mol. The Labute approximate surface area is 104 Å². The van der Waals surface area contributed by atoms with Crippen LogP contribution in [0.4, 0.5) is 0 Å². The Morgan fingerprint density at radius 1 is 1.18 bits per heavy atom. The molecule has 2 rings (SSSR count). The average Bonchev–Trinajstić information content (AvgIpc) is 2.54. The summed E-state index contributed by atoms with van der Waals surface area (Å²) in [6, 6.07) is 4.51. The van der Waals surface area contributed by atoms with E-state index in [4.69, 9.17) is 0 Å². The number of hydrogen-bond acceptors (Lipinski definition) is 1. The molecule has 0 saturated heterocycles. The van der Waals surface area contributed by atoms with Gasteiger partial charge in [0.1, 0.15) is 5.78 Å². The van der Waals surface area contributed by atoms with E-state index in [1.807, 2.05) is 0 Å². The van der Waals surface area contributed by atoms with Crippen molar-refractivity contribution in [3.8, 4) is 0 Å². The Balaban J connectivity index is 2.22. The summed E-state index contributed by atoms with van der Waals surface area (Å²) in [6.45, 7) is 8.62. The van der Waals surface area contributed by atoms with Crippen molar-refractivity contribution in [2.75, 3.05) is 0 Å². The van der Waals surface area contributed by atoms with Gasteiger partial charge in [-0.1, -0.05) is 24.6 Å². The number of rotatable bonds is 2. The first-order chi connectivity index (χ1) is 7.99. The SMILES string of the molecule is Cc1cc(C)c(CC2CCC(=O)C2C)c(C)c1. The molecule has 0 bridgehead atoms. The quantitative estimate of drug-likeness (QED) is 0.756. The van der Waals surface area contributed by atoms with Crippen molar-refractivity contribution in [2.45, 2.75) is 47.0 Å². The summed E-state index contributed by atoms with van der Waals surface area (Å²) in [5, 5.41) is 0. The first-order valence-corrected chi connectivity index (χ1v) is 6.58. The fourth-order valence-corrected chi connectivity index (χ4v) is 3.14. The Hall–Kier alpha value is -1.11. The lowest BCUT2D eigenvalue weighted by Gasteiger charge is -2.18. The van der Waals surface area contributed by atoms with Crippen LogP contribution in [0.5, 0.6) is 0 Å². The molecule has 1 nitrogen and oxygen atoms in total. The van der Waals surface area contributed by atoms with Gasteiger partial charge in [-0.3, -0.25) is 4.79 Å². The highest BCUT2D eigenvalue weighted by Gasteiger charge is 2.31. The lowest BCUT2D eigenvalue weighted by atomic mass is 9.86. The van der Waals surface area contributed by atoms with Gasteiger partial charge < -0.3 is 0 Å². The monoisotopic (exact) mass is 230 g/mol. The molecule has 1 aromatic carbocycles. The number of benzene rings is 1. The number of aryl methyl sites for hydroxylation is 3. The van der Waals surface area contributed by atoms with Gasteiger partial charge in [0.05, 0.1) is 0 Å². The highest BCUT2D eigenvalue weighted by atomic mass is 16.1. The third-order valence-corrected chi connectivity index (χ3v) is 4.28. The van der Waals surface area contributed by atoms with E-state index in [0.29, 0.717) is 11.7 Å². The largest absolute Gasteiger partial charge is 0.299 e. The molecule has 17 heavy (non-hydrogen) atoms. The maximum Gasteiger partial charge on any atom is 0.135 e. The highest BCUT2D eigenvalue weighted by Crippen LogP contribution is 2.33. The van der Waals surface area contributed by atoms with Crippen molar-refractivity contribution in [3.05, 3.63) is 34.4 Å². The normalized spacial score (nSPS) is 24.4. The van der Waals surface area contributed by atoms with Gasteiger partial charge in [0, 0.05) is 12.3 Å². The van der Waals surface area contributed by atoms with Gasteiger partial charge in [0.15, 0.2) is 0 Å². The van der Waals surface area contributed by atoms with Crippen LogP contribution in [0.1, 0.15) is 42.0 Å². The van der Waals surface area contributed by atoms with Gasteiger partial charge in [-0.25, -0.2) is 0 Å². The zero-order valence-electron chi connectivity index (χ0n) is 11.3. The van der Waals surface area contributed by atoms with Crippen LogP contribution < -0.4 is 0 Å². The lowest BCUT2D eigenvalue weighted by molar-refractivity contribution is -0.120. The third-order valence-electron chi connectivity index (χ3n) is 4.28. The Kier molecular flexibility index (Phi) is 3.37. The number of Topliss-reactive ketones (excluding diaryl/α,β-unsaturated/α-hetero) is 1. The Morgan fingerprint density at radius 2 is 1.76 bits per heavy atom. The molecule has 1 fully saturated rings. The van der Waals surface area contributed by atoms with E-state index in [2.05, 4.69) is 39.8 Å². The predicted octanol–water partition coefficient (Wildman–Crippen LogP) is 3.77. The minimum Gasteiger partial charge on any atom is -0.299 e. The molecule has 1 aliphatic rings. The van der Waals surface area contributed by atoms with Crippen molar-refractivity contribution in [1.82, 2.24) is 0 Å². The van der Waals surface area contributed by atoms with Gasteiger partial charge in [-0.2, -0.15) is 0 Å². The van der Waals surface area contributed by atoms with Crippen LogP contribution in [-0.4, -0.2) is 5.78 Å². The molecule has 0 aliphatic heterocycles. The van der Waals surface area contributed by atoms with Crippen LogP contribution in [0.3, 0.4) is 0 Å². The minimum atomic E-state index is 0.259. The molecular formula is C16H22O. The zero-order valence-corrected chi connectivity index (χ0v) is 11.3. The Bertz CT molecular complexity index is 422. The van der Waals surface area contributed by atoms with Gasteiger partial charge >= 0.3 is 0 Å². The van der Waals surface area contributed by atoms with Crippen LogP contribution in [0, 0.1) is 32.6 Å². The molecule has 2 atom stereocenters. The number of hydrogen-bond donors (Lipinski definition) is 0. The molecule has 0 amide bonds. The van der Waals surface area contributed by atoms with Gasteiger partial charge in [-0.15, -0.1) is 0 Å². The van der Waals surface area contributed by atoms with Crippen molar-refractivity contribution in [3.63, 3.8) is 0 Å². The molecule has 1 saturated carbocycles. The molecule has 1 heteroatoms. The summed E-state index contributed by atoms with van der Waals surface area (Å²) >= 11 is 0. The van der Waals surface area contributed by atoms with Crippen LogP contribution in [0.15, 0.2) is 12.1 Å². The molecule has 0 spiro atoms. The maximum atomic E-state index is 11.6. The topological polar surface area (TPSA) is 17.1 Å². The molecule has 0 radical (unpaired) electrons. The smallest absolute Gasteiger partial charge is 0.135 e. The first-order valence-electron chi connectivity index (χ1n) is 6.58. The van der Waals surface area contributed by atoms with Gasteiger partial charge in [0.2, 0.25) is 0 Å². The van der Waals surface area contributed by atoms with E-state index >= 15 is 0 Å². The van der Waals surface area contributed by atoms with E-state index < -0.39 is 0 Å². The third kappa shape index (κ3) is 2.43. The Morgan fingerprint density at radius 3 is 2.24 bits per heavy atom. The zero-order chi connectivity index (χ0) is 12.6. The number of carbonyl (C=O) groups is 1. The summed E-state index contributed by atoms with van der Waals surface area (Å²) in [5.41, 5.74) is 5.56. The molecule has 1 aliphatic carbocycles. The summed E-state index contributed by atoms with van der Waals surface area (Å²) in [5.74, 6) is 1.27. The lowest BCUT2D eigenvalue weighted by Crippen LogP contribution is -2.14. The summed E-state index contributed by atoms with van der Waals surface area (Å²) in [4.78, 5) is 11.6. The van der Waals surface area contributed by atoms with Crippen LogP contribution >= 0.6 is 0 Å². The van der Waals surface area contributed by atoms with E-state index in [1.54, 1.807) is 0 Å². The second kappa shape index (κ2) is 4.64. The molecule has 0 N–H and O–H groups in total. The second-order valence-corrected chi connectivity index (χ2v) is 5.64. The maximum absolute atomic E-state index is 11.6. The molecule has 0 heterocycles. The average molecular weight is 230 g/mol. The van der Waals surface area contributed by atoms with Crippen LogP contribution in [-0.2, 0) is 11.2 Å². The molecule has 2 unspecified atom stereocenters. The first kappa shape index (κ1) is 12.3. The van der Waals surface area contributed by atoms with Crippen molar-refractivity contribution < 1.29 is 4.79 Å². The van der Waals surface area contributed by atoms with E-state index in [1.165, 1.54) is 22.3 Å². The summed E-state index contributed by atoms with van der Waals surface area (Å²) in [6.07, 6.45) is 2.94. The fraction of sp³-hybridized carbons (Fsp3) is 0.562. The van der Waals surface area contributed by atoms with Gasteiger partial charge in [0.25, 0.3) is 0 Å². The van der Waals surface area contributed by atoms with Crippen molar-refractivity contribution >= 4 is 5.78 Å².